The van der Waals surface area contributed by atoms with Crippen molar-refractivity contribution in [3.63, 3.8) is 0 Å². The van der Waals surface area contributed by atoms with Gasteiger partial charge in [-0.15, -0.1) is 0 Å². The van der Waals surface area contributed by atoms with Crippen molar-refractivity contribution in [2.24, 2.45) is 9.98 Å². The maximum absolute atomic E-state index is 13.8. The van der Waals surface area contributed by atoms with Crippen molar-refractivity contribution in [2.75, 3.05) is 35.8 Å². The summed E-state index contributed by atoms with van der Waals surface area (Å²) in [6.45, 7) is 7.16. The Hall–Kier alpha value is -2.86. The molecule has 14 heteroatoms. The van der Waals surface area contributed by atoms with E-state index in [0.717, 1.165) is 23.1 Å². The van der Waals surface area contributed by atoms with Crippen molar-refractivity contribution in [3.05, 3.63) is 79.7 Å². The first-order chi connectivity index (χ1) is 19.8. The Bertz CT molecular complexity index is 1690. The lowest BCUT2D eigenvalue weighted by Gasteiger charge is -2.23. The number of sulfonamides is 1. The first-order valence-electron chi connectivity index (χ1n) is 12.8. The topological polar surface area (TPSA) is 106 Å². The predicted octanol–water partition coefficient (Wildman–Crippen LogP) is 6.65. The molecule has 222 valence electrons. The molecule has 9 nitrogen and oxygen atoms in total. The van der Waals surface area contributed by atoms with Crippen LogP contribution >= 0.6 is 46.4 Å². The van der Waals surface area contributed by atoms with Crippen LogP contribution in [0.5, 0.6) is 0 Å². The Kier molecular flexibility index (Phi) is 10.1. The third-order valence-corrected chi connectivity index (χ3v) is 8.13. The van der Waals surface area contributed by atoms with Crippen LogP contribution in [-0.2, 0) is 14.8 Å². The molecule has 0 spiro atoms. The second kappa shape index (κ2) is 13.2. The maximum atomic E-state index is 13.8. The normalized spacial score (nSPS) is 15.5. The van der Waals surface area contributed by atoms with Crippen LogP contribution in [0.1, 0.15) is 18.1 Å². The SMILES string of the molecule is CCN(CCNS(C)(=O)=O)c1ccc(N=C2C(=O)N(c3c(Cl)cc(Cl)cc3Cl)NC2=Nc2cc(C)ccc2Cl)c(C)c1. The second-order valence-corrected chi connectivity index (χ2v) is 13.1. The Morgan fingerprint density at radius 2 is 1.62 bits per heavy atom. The number of amidine groups is 1. The van der Waals surface area contributed by atoms with Gasteiger partial charge < -0.3 is 4.90 Å². The summed E-state index contributed by atoms with van der Waals surface area (Å²) < 4.78 is 25.4. The summed E-state index contributed by atoms with van der Waals surface area (Å²) in [6, 6.07) is 13.9. The number of rotatable bonds is 9. The number of amides is 1. The summed E-state index contributed by atoms with van der Waals surface area (Å²) in [4.78, 5) is 25.2. The lowest BCUT2D eigenvalue weighted by molar-refractivity contribution is -0.112. The van der Waals surface area contributed by atoms with Crippen LogP contribution in [0.4, 0.5) is 22.7 Å². The van der Waals surface area contributed by atoms with E-state index in [9.17, 15) is 13.2 Å². The van der Waals surface area contributed by atoms with Gasteiger partial charge in [-0.25, -0.2) is 28.1 Å². The number of hydrazine groups is 1. The second-order valence-electron chi connectivity index (χ2n) is 9.56. The number of nitrogens with one attached hydrogen (secondary N) is 2. The monoisotopic (exact) mass is 668 g/mol. The van der Waals surface area contributed by atoms with E-state index < -0.39 is 15.9 Å². The number of aliphatic imine (C=N–C) groups is 2. The fraction of sp³-hybridized carbons (Fsp3) is 0.250. The molecule has 42 heavy (non-hydrogen) atoms. The number of carbonyl (C=O) groups is 1. The zero-order valence-electron chi connectivity index (χ0n) is 23.2. The van der Waals surface area contributed by atoms with E-state index in [0.29, 0.717) is 34.5 Å². The molecule has 1 amide bonds. The van der Waals surface area contributed by atoms with Gasteiger partial charge in [0.15, 0.2) is 11.5 Å². The third-order valence-electron chi connectivity index (χ3n) is 6.29. The molecule has 0 radical (unpaired) electrons. The molecule has 0 bridgehead atoms. The summed E-state index contributed by atoms with van der Waals surface area (Å²) in [6.07, 6.45) is 1.13. The molecule has 3 aromatic rings. The van der Waals surface area contributed by atoms with Gasteiger partial charge in [0.2, 0.25) is 10.0 Å². The lowest BCUT2D eigenvalue weighted by atomic mass is 10.1. The van der Waals surface area contributed by atoms with E-state index in [1.165, 1.54) is 17.1 Å². The first-order valence-corrected chi connectivity index (χ1v) is 16.2. The molecule has 0 atom stereocenters. The Morgan fingerprint density at radius 1 is 0.929 bits per heavy atom. The minimum absolute atomic E-state index is 0.0233. The van der Waals surface area contributed by atoms with E-state index in [2.05, 4.69) is 15.1 Å². The number of nitrogens with zero attached hydrogens (tertiary/aromatic N) is 4. The van der Waals surface area contributed by atoms with Gasteiger partial charge in [-0.1, -0.05) is 52.5 Å². The maximum Gasteiger partial charge on any atom is 0.299 e. The fourth-order valence-corrected chi connectivity index (χ4v) is 5.86. The number of hydrogen-bond donors (Lipinski definition) is 2. The van der Waals surface area contributed by atoms with Crippen molar-refractivity contribution >= 4 is 96.6 Å². The van der Waals surface area contributed by atoms with E-state index in [1.807, 2.05) is 43.9 Å². The van der Waals surface area contributed by atoms with Crippen LogP contribution in [-0.4, -0.2) is 51.8 Å². The number of anilines is 2. The average Bonchev–Trinajstić information content (AvgIpc) is 3.18. The van der Waals surface area contributed by atoms with Gasteiger partial charge in [0, 0.05) is 30.3 Å². The van der Waals surface area contributed by atoms with Gasteiger partial charge in [-0.2, -0.15) is 0 Å². The van der Waals surface area contributed by atoms with Crippen molar-refractivity contribution in [1.82, 2.24) is 10.1 Å². The zero-order chi connectivity index (χ0) is 30.8. The van der Waals surface area contributed by atoms with Crippen LogP contribution in [0, 0.1) is 13.8 Å². The summed E-state index contributed by atoms with van der Waals surface area (Å²) in [7, 11) is -3.29. The molecular formula is C28H28Cl4N6O3S. The number of hydrogen-bond acceptors (Lipinski definition) is 6. The van der Waals surface area contributed by atoms with E-state index >= 15 is 0 Å². The lowest BCUT2D eigenvalue weighted by Crippen LogP contribution is -2.36. The molecule has 0 aliphatic carbocycles. The number of halogens is 4. The molecular weight excluding hydrogens is 642 g/mol. The van der Waals surface area contributed by atoms with Gasteiger partial charge in [-0.05, 0) is 74.4 Å². The molecule has 4 rings (SSSR count). The highest BCUT2D eigenvalue weighted by Crippen LogP contribution is 2.38. The van der Waals surface area contributed by atoms with Crippen molar-refractivity contribution in [3.8, 4) is 0 Å². The van der Waals surface area contributed by atoms with Gasteiger partial charge >= 0.3 is 0 Å². The largest absolute Gasteiger partial charge is 0.370 e. The highest BCUT2D eigenvalue weighted by Gasteiger charge is 2.37. The van der Waals surface area contributed by atoms with E-state index in [4.69, 9.17) is 51.4 Å². The zero-order valence-corrected chi connectivity index (χ0v) is 27.0. The van der Waals surface area contributed by atoms with Crippen molar-refractivity contribution in [2.45, 2.75) is 20.8 Å². The summed E-state index contributed by atoms with van der Waals surface area (Å²) in [5.41, 5.74) is 6.79. The molecule has 1 fully saturated rings. The number of likely N-dealkylation sites (N-methyl/N-ethyl adjacent to an activating group) is 1. The highest BCUT2D eigenvalue weighted by molar-refractivity contribution is 7.88. The summed E-state index contributed by atoms with van der Waals surface area (Å²) >= 11 is 25.4. The van der Waals surface area contributed by atoms with E-state index in [1.54, 1.807) is 18.2 Å². The van der Waals surface area contributed by atoms with Gasteiger partial charge in [-0.3, -0.25) is 10.2 Å². The Labute approximate surface area is 265 Å². The van der Waals surface area contributed by atoms with E-state index in [-0.39, 0.29) is 33.8 Å². The molecule has 1 aliphatic rings. The van der Waals surface area contributed by atoms with Crippen LogP contribution in [0.15, 0.2) is 58.5 Å². The Morgan fingerprint density at radius 3 is 2.24 bits per heavy atom. The molecule has 0 saturated carbocycles. The van der Waals surface area contributed by atoms with Gasteiger partial charge in [0.05, 0.1) is 32.7 Å². The smallest absolute Gasteiger partial charge is 0.299 e. The summed E-state index contributed by atoms with van der Waals surface area (Å²) in [5.74, 6) is -0.380. The summed E-state index contributed by atoms with van der Waals surface area (Å²) in [5, 5.41) is 2.22. The standard InChI is InChI=1S/C28H28Cl4N6O3S/c1-5-37(11-10-33-42(4,40)41)19-7-9-23(17(3)13-19)34-25-27(35-24-12-16(2)6-8-20(24)30)36-38(28(25)39)26-21(31)14-18(29)15-22(26)32/h6-9,12-15,33H,5,10-11H2,1-4H3,(H,35,36). The van der Waals surface area contributed by atoms with Crippen LogP contribution in [0.25, 0.3) is 0 Å². The fourth-order valence-electron chi connectivity index (χ4n) is 4.25. The molecule has 3 aromatic carbocycles. The van der Waals surface area contributed by atoms with Gasteiger partial charge in [0.1, 0.15) is 5.69 Å². The average molecular weight is 670 g/mol. The minimum atomic E-state index is -3.29. The molecule has 2 N–H and O–H groups in total. The first kappa shape index (κ1) is 32.1. The van der Waals surface area contributed by atoms with Crippen LogP contribution < -0.4 is 20.1 Å². The molecule has 0 aromatic heterocycles. The highest BCUT2D eigenvalue weighted by atomic mass is 35.5. The Balaban J connectivity index is 1.75. The van der Waals surface area contributed by atoms with Crippen LogP contribution in [0.2, 0.25) is 20.1 Å². The molecule has 1 saturated heterocycles. The van der Waals surface area contributed by atoms with Gasteiger partial charge in [0.25, 0.3) is 5.91 Å². The predicted molar refractivity (Wildman–Crippen MR) is 174 cm³/mol. The number of aryl methyl sites for hydroxylation is 2. The molecule has 1 aliphatic heterocycles. The van der Waals surface area contributed by atoms with Crippen molar-refractivity contribution < 1.29 is 13.2 Å². The number of carbonyl (C=O) groups excluding carboxylic acids is 1. The van der Waals surface area contributed by atoms with Crippen LogP contribution in [0.3, 0.4) is 0 Å². The quantitative estimate of drug-likeness (QED) is 0.266. The third kappa shape index (κ3) is 7.55. The molecule has 1 heterocycles. The number of benzene rings is 3. The molecule has 0 unspecified atom stereocenters. The minimum Gasteiger partial charge on any atom is -0.370 e. The van der Waals surface area contributed by atoms with Crippen molar-refractivity contribution in [1.29, 1.82) is 0 Å².